The van der Waals surface area contributed by atoms with Crippen LogP contribution in [0.2, 0.25) is 0 Å². The lowest BCUT2D eigenvalue weighted by atomic mass is 9.59. The minimum atomic E-state index is -6.20. The number of ether oxygens (including phenoxy) is 4. The third kappa shape index (κ3) is 17.8. The van der Waals surface area contributed by atoms with E-state index in [4.69, 9.17) is 18.9 Å². The average Bonchev–Trinajstić information content (AvgIpc) is 1.59. The summed E-state index contributed by atoms with van der Waals surface area (Å²) in [7, 11) is -18.6. The Morgan fingerprint density at radius 1 is 0.424 bits per heavy atom. The number of halogens is 9. The van der Waals surface area contributed by atoms with Gasteiger partial charge in [0.1, 0.15) is 0 Å². The number of fused-ring (bicyclic) bond motifs is 6. The highest BCUT2D eigenvalue weighted by molar-refractivity contribution is 8.01. The van der Waals surface area contributed by atoms with Crippen molar-refractivity contribution < 1.29 is 142 Å². The highest BCUT2D eigenvalue weighted by Gasteiger charge is 2.68. The third-order valence-electron chi connectivity index (χ3n) is 23.6. The smallest absolute Gasteiger partial charge is 0.364 e. The second-order valence-corrected chi connectivity index (χ2v) is 33.6. The van der Waals surface area contributed by atoms with Crippen LogP contribution in [0.25, 0.3) is 0 Å². The molecule has 4 aliphatic heterocycles. The Balaban J connectivity index is 0.000000315. The summed E-state index contributed by atoms with van der Waals surface area (Å²) in [4.78, 5) is 38.2. The van der Waals surface area contributed by atoms with Gasteiger partial charge in [-0.2, -0.15) is 38.1 Å². The number of rotatable bonds is 36. The second kappa shape index (κ2) is 33.6. The Hall–Kier alpha value is -2.42. The van der Waals surface area contributed by atoms with Gasteiger partial charge in [0.15, 0.2) is 48.9 Å². The molecule has 22 nitrogen and oxygen atoms in total. The predicted octanol–water partition coefficient (Wildman–Crippen LogP) is 9.14. The first-order valence-electron chi connectivity index (χ1n) is 34.5. The molecule has 6 rings (SSSR count). The van der Waals surface area contributed by atoms with E-state index in [2.05, 4.69) is 0 Å². The van der Waals surface area contributed by atoms with Gasteiger partial charge in [0, 0.05) is 53.4 Å². The van der Waals surface area contributed by atoms with Gasteiger partial charge in [-0.1, -0.05) is 83.1 Å². The van der Waals surface area contributed by atoms with Crippen LogP contribution >= 0.6 is 11.8 Å². The number of alkyl halides is 9. The lowest BCUT2D eigenvalue weighted by molar-refractivity contribution is -0.167. The van der Waals surface area contributed by atoms with Crippen molar-refractivity contribution in [3.63, 3.8) is 0 Å². The molecule has 35 heteroatoms. The molecule has 0 aromatic heterocycles. The van der Waals surface area contributed by atoms with Gasteiger partial charge in [-0.05, 0) is 126 Å². The van der Waals surface area contributed by atoms with Gasteiger partial charge < -0.3 is 63.2 Å². The largest absolute Gasteiger partial charge is 0.743 e. The molecule has 18 atom stereocenters. The lowest BCUT2D eigenvalue weighted by Gasteiger charge is -2.50. The first-order valence-corrected chi connectivity index (χ1v) is 39.6. The fourth-order valence-electron chi connectivity index (χ4n) is 17.1. The highest BCUT2D eigenvalue weighted by Crippen LogP contribution is 2.65. The fraction of sp³-hybridized carbons (Fsp3) is 0.953. The average molecular weight is 1520 g/mol. The van der Waals surface area contributed by atoms with Crippen LogP contribution in [0.3, 0.4) is 0 Å². The Morgan fingerprint density at radius 3 is 1.08 bits per heavy atom. The van der Waals surface area contributed by atoms with Crippen molar-refractivity contribution in [3.05, 3.63) is 0 Å². The summed E-state index contributed by atoms with van der Waals surface area (Å²) in [6, 6.07) is 0. The van der Waals surface area contributed by atoms with E-state index >= 15 is 0 Å². The van der Waals surface area contributed by atoms with E-state index in [1.54, 1.807) is 13.8 Å². The zero-order valence-electron chi connectivity index (χ0n) is 58.2. The standard InChI is InChI=1S/C22H37F3O7S.C21H35F3O8S.C21H35F3O7S2/c1-5-20(27,6-2)17-13-11-14(18(17)21(28,7-3)8-4)15(12-13)19(26)32-10-9-16(23)22(24,25)33(29,30)31;2*1-5-19(26,6-2)15-13-11-12(17(32-13)16(15)20(27,7-3)8-4)18(25)31-10-9-14(22)21(23,24)33(28,29)30/h13-18,27-28H,5-12H2,1-4H3,(H,29,30,31);2*12-17,26-27H,5-11H2,1-4H3,(H,28,29,30)/p-3. The first-order chi connectivity index (χ1) is 45.4. The van der Waals surface area contributed by atoms with E-state index in [1.165, 1.54) is 11.8 Å². The molecule has 6 aliphatic rings. The molecule has 0 aromatic carbocycles. The van der Waals surface area contributed by atoms with Crippen molar-refractivity contribution in [1.82, 2.24) is 0 Å². The minimum absolute atomic E-state index is 0.0315. The zero-order chi connectivity index (χ0) is 76.2. The van der Waals surface area contributed by atoms with E-state index < -0.39 is 203 Å². The van der Waals surface area contributed by atoms with E-state index in [9.17, 15) is 123 Å². The van der Waals surface area contributed by atoms with Gasteiger partial charge in [-0.15, -0.1) is 0 Å². The van der Waals surface area contributed by atoms with E-state index in [0.29, 0.717) is 96.3 Å². The molecule has 0 amide bonds. The van der Waals surface area contributed by atoms with Gasteiger partial charge in [0.05, 0.1) is 83.4 Å². The van der Waals surface area contributed by atoms with Crippen LogP contribution in [0.5, 0.6) is 0 Å². The normalized spacial score (nSPS) is 29.3. The first kappa shape index (κ1) is 89.0. The maximum absolute atomic E-state index is 13.6. The zero-order valence-corrected chi connectivity index (χ0v) is 61.5. The molecule has 6 N–H and O–H groups in total. The molecule has 6 fully saturated rings. The van der Waals surface area contributed by atoms with Gasteiger partial charge in [-0.25, -0.2) is 38.4 Å². The summed E-state index contributed by atoms with van der Waals surface area (Å²) >= 11 is 1.51. The van der Waals surface area contributed by atoms with Crippen LogP contribution in [-0.2, 0) is 63.7 Å². The summed E-state index contributed by atoms with van der Waals surface area (Å²) in [6.07, 6.45) is -7.89. The summed E-state index contributed by atoms with van der Waals surface area (Å²) in [6.45, 7) is 19.7. The number of carbonyl (C=O) groups is 3. The second-order valence-electron chi connectivity index (χ2n) is 27.8. The molecule has 99 heavy (non-hydrogen) atoms. The number of carbonyl (C=O) groups excluding carboxylic acids is 3. The Kier molecular flexibility index (Phi) is 30.2. The van der Waals surface area contributed by atoms with Gasteiger partial charge in [0.25, 0.3) is 0 Å². The molecule has 2 saturated carbocycles. The quantitative estimate of drug-likeness (QED) is 0.0147. The summed E-state index contributed by atoms with van der Waals surface area (Å²) in [5.74, 6) is -7.04. The van der Waals surface area contributed by atoms with Crippen LogP contribution in [0.4, 0.5) is 39.5 Å². The van der Waals surface area contributed by atoms with Crippen molar-refractivity contribution >= 4 is 60.0 Å². The third-order valence-corrected chi connectivity index (χ3v) is 28.2. The van der Waals surface area contributed by atoms with Crippen molar-refractivity contribution in [2.75, 3.05) is 19.8 Å². The topological polar surface area (TPSA) is 381 Å². The Labute approximate surface area is 580 Å². The molecule has 18 unspecified atom stereocenters. The van der Waals surface area contributed by atoms with E-state index in [-0.39, 0.29) is 46.5 Å². The molecule has 0 aromatic rings. The van der Waals surface area contributed by atoms with E-state index in [0.717, 1.165) is 0 Å². The fourth-order valence-corrected chi connectivity index (χ4v) is 20.7. The molecule has 4 heterocycles. The Morgan fingerprint density at radius 2 is 0.727 bits per heavy atom. The van der Waals surface area contributed by atoms with Crippen molar-refractivity contribution in [1.29, 1.82) is 0 Å². The van der Waals surface area contributed by atoms with Gasteiger partial charge in [0.2, 0.25) is 0 Å². The monoisotopic (exact) mass is 1520 g/mol. The van der Waals surface area contributed by atoms with Crippen molar-refractivity contribution in [2.24, 2.45) is 65.1 Å². The van der Waals surface area contributed by atoms with Crippen LogP contribution in [0, 0.1) is 65.1 Å². The summed E-state index contributed by atoms with van der Waals surface area (Å²) in [5, 5.41) is 52.2. The molecular formula is C64H104F9O22S4-3. The Bertz CT molecular complexity index is 2710. The van der Waals surface area contributed by atoms with E-state index in [1.807, 2.05) is 69.2 Å². The number of thioether (sulfide) groups is 1. The predicted molar refractivity (Wildman–Crippen MR) is 339 cm³/mol. The summed E-state index contributed by atoms with van der Waals surface area (Å²) < 4.78 is 236. The molecule has 582 valence electrons. The van der Waals surface area contributed by atoms with Crippen LogP contribution in [0.1, 0.15) is 205 Å². The maximum atomic E-state index is 13.6. The molecule has 0 spiro atoms. The van der Waals surface area contributed by atoms with Crippen LogP contribution < -0.4 is 0 Å². The highest BCUT2D eigenvalue weighted by atomic mass is 32.2. The number of aliphatic hydroxyl groups is 6. The van der Waals surface area contributed by atoms with Crippen LogP contribution in [0.15, 0.2) is 0 Å². The molecule has 2 aliphatic carbocycles. The maximum Gasteiger partial charge on any atom is 0.364 e. The lowest BCUT2D eigenvalue weighted by Crippen LogP contribution is -2.57. The van der Waals surface area contributed by atoms with Crippen LogP contribution in [-0.4, -0.2) is 198 Å². The van der Waals surface area contributed by atoms with Gasteiger partial charge >= 0.3 is 33.7 Å². The number of hydrogen-bond donors (Lipinski definition) is 6. The van der Waals surface area contributed by atoms with Crippen molar-refractivity contribution in [3.8, 4) is 0 Å². The molecule has 0 radical (unpaired) electrons. The summed E-state index contributed by atoms with van der Waals surface area (Å²) in [5.41, 5.74) is -6.57. The minimum Gasteiger partial charge on any atom is -0.743 e. The number of esters is 3. The van der Waals surface area contributed by atoms with Crippen molar-refractivity contribution in [2.45, 2.75) is 296 Å². The molecule has 4 saturated heterocycles. The molecular weight excluding hydrogens is 1420 g/mol. The van der Waals surface area contributed by atoms with Gasteiger partial charge in [-0.3, -0.25) is 14.4 Å². The SMILES string of the molecule is CCC(O)(CC)C1C2CC(C(=O)OCCC(F)C(F)(F)S(=O)(=O)[O-])C(C2)C1C(O)(CC)CC.CCC(O)(CC)C1C2CC(C(=O)OCCC(F)C(F)(F)S(=O)(=O)[O-])C(O2)C1C(O)(CC)CC.CCC(O)(CC)C1C2CC(C(=O)OCCC(F)C(F)(F)S(=O)(=O)[O-])C(S2)C1C(O)(CC)CC. The number of hydrogen-bond acceptors (Lipinski definition) is 23. The molecule has 6 bridgehead atoms.